The maximum Gasteiger partial charge on any atom is 0.511 e. The second-order valence-corrected chi connectivity index (χ2v) is 10.8. The minimum absolute atomic E-state index is 0.116. The molecule has 1 atom stereocenters. The Kier molecular flexibility index (Phi) is 5.85. The van der Waals surface area contributed by atoms with Crippen molar-refractivity contribution in [2.45, 2.75) is 65.5 Å². The SMILES string of the molecule is Cc1cc(C(C)(C)C)c(O[P+](O)(F)Cc2ccccc2)c(C(C)(C)C)c1. The van der Waals surface area contributed by atoms with Crippen LogP contribution in [0.25, 0.3) is 0 Å². The Bertz CT molecular complexity index is 721. The van der Waals surface area contributed by atoms with Gasteiger partial charge in [-0.2, -0.15) is 4.89 Å². The second-order valence-electron chi connectivity index (χ2n) is 9.04. The lowest BCUT2D eigenvalue weighted by Gasteiger charge is -2.29. The maximum atomic E-state index is 15.1. The fourth-order valence-electron chi connectivity index (χ4n) is 2.97. The molecule has 4 heteroatoms. The van der Waals surface area contributed by atoms with Gasteiger partial charge in [-0.1, -0.05) is 89.6 Å². The lowest BCUT2D eigenvalue weighted by Crippen LogP contribution is -2.20. The van der Waals surface area contributed by atoms with Crippen LogP contribution >= 0.6 is 8.03 Å². The van der Waals surface area contributed by atoms with E-state index in [4.69, 9.17) is 4.52 Å². The fourth-order valence-corrected chi connectivity index (χ4v) is 4.17. The number of rotatable bonds is 4. The Hall–Kier alpha value is -1.44. The zero-order chi connectivity index (χ0) is 19.8. The number of hydrogen-bond donors (Lipinski definition) is 1. The smallest absolute Gasteiger partial charge is 0.280 e. The highest BCUT2D eigenvalue weighted by Crippen LogP contribution is 2.61. The number of halogens is 1. The third-order valence-electron chi connectivity index (χ3n) is 4.30. The van der Waals surface area contributed by atoms with E-state index in [1.165, 1.54) is 0 Å². The molecule has 0 bridgehead atoms. The summed E-state index contributed by atoms with van der Waals surface area (Å²) in [5.41, 5.74) is 3.23. The molecule has 0 saturated carbocycles. The van der Waals surface area contributed by atoms with Crippen molar-refractivity contribution in [2.24, 2.45) is 0 Å². The van der Waals surface area contributed by atoms with E-state index in [1.807, 2.05) is 37.3 Å². The summed E-state index contributed by atoms with van der Waals surface area (Å²) < 4.78 is 20.9. The van der Waals surface area contributed by atoms with Crippen LogP contribution in [0, 0.1) is 6.92 Å². The third-order valence-corrected chi connectivity index (χ3v) is 5.52. The zero-order valence-corrected chi connectivity index (χ0v) is 17.8. The first-order chi connectivity index (χ1) is 11.8. The summed E-state index contributed by atoms with van der Waals surface area (Å²) in [5.74, 6) is 0.491. The Labute approximate surface area is 158 Å². The van der Waals surface area contributed by atoms with Crippen LogP contribution in [0.15, 0.2) is 42.5 Å². The standard InChI is InChI=1S/C22H31FO2P/c1-16-13-18(21(2,3)4)20(19(14-16)22(5,6)7)25-26(23,24)15-17-11-9-8-10-12-17/h8-14,24H,15H2,1-7H3/q+1. The second kappa shape index (κ2) is 7.29. The first-order valence-electron chi connectivity index (χ1n) is 8.99. The largest absolute Gasteiger partial charge is 0.511 e. The van der Waals surface area contributed by atoms with Crippen molar-refractivity contribution in [1.82, 2.24) is 0 Å². The van der Waals surface area contributed by atoms with Gasteiger partial charge in [-0.05, 0) is 23.3 Å². The Balaban J connectivity index is 2.52. The van der Waals surface area contributed by atoms with Crippen molar-refractivity contribution in [3.05, 3.63) is 64.7 Å². The molecule has 1 N–H and O–H groups in total. The number of aryl methyl sites for hydroxylation is 1. The molecular weight excluding hydrogens is 346 g/mol. The van der Waals surface area contributed by atoms with Gasteiger partial charge in [0.1, 0.15) is 0 Å². The molecule has 0 radical (unpaired) electrons. The third kappa shape index (κ3) is 5.28. The first kappa shape index (κ1) is 20.9. The Morgan fingerprint density at radius 2 is 1.38 bits per heavy atom. The summed E-state index contributed by atoms with van der Waals surface area (Å²) in [6.45, 7) is 14.5. The molecule has 0 fully saturated rings. The van der Waals surface area contributed by atoms with Crippen LogP contribution in [-0.2, 0) is 17.0 Å². The van der Waals surface area contributed by atoms with E-state index in [-0.39, 0.29) is 17.0 Å². The molecule has 26 heavy (non-hydrogen) atoms. The molecule has 142 valence electrons. The summed E-state index contributed by atoms with van der Waals surface area (Å²) >= 11 is 0. The van der Waals surface area contributed by atoms with Gasteiger partial charge < -0.3 is 0 Å². The van der Waals surface area contributed by atoms with Gasteiger partial charge >= 0.3 is 8.03 Å². The van der Waals surface area contributed by atoms with E-state index in [1.54, 1.807) is 12.1 Å². The molecular formula is C22H31FO2P+. The summed E-state index contributed by atoms with van der Waals surface area (Å²) in [4.78, 5) is 10.5. The first-order valence-corrected chi connectivity index (χ1v) is 10.7. The van der Waals surface area contributed by atoms with E-state index in [2.05, 4.69) is 41.5 Å². The number of hydrogen-bond acceptors (Lipinski definition) is 2. The van der Waals surface area contributed by atoms with Crippen molar-refractivity contribution in [3.8, 4) is 5.75 Å². The lowest BCUT2D eigenvalue weighted by molar-refractivity contribution is 0.380. The highest BCUT2D eigenvalue weighted by molar-refractivity contribution is 7.59. The van der Waals surface area contributed by atoms with Gasteiger partial charge in [-0.25, -0.2) is 0 Å². The molecule has 2 aromatic rings. The minimum Gasteiger partial charge on any atom is -0.280 e. The Morgan fingerprint density at radius 3 is 1.81 bits per heavy atom. The molecule has 0 aliphatic carbocycles. The Morgan fingerprint density at radius 1 is 0.923 bits per heavy atom. The summed E-state index contributed by atoms with van der Waals surface area (Å²) in [6, 6.07) is 13.2. The highest BCUT2D eigenvalue weighted by atomic mass is 31.2. The van der Waals surface area contributed by atoms with Crippen LogP contribution in [0.4, 0.5) is 4.20 Å². The van der Waals surface area contributed by atoms with Gasteiger partial charge in [0, 0.05) is 15.3 Å². The van der Waals surface area contributed by atoms with E-state index >= 15 is 4.20 Å². The van der Waals surface area contributed by atoms with Crippen molar-refractivity contribution in [3.63, 3.8) is 0 Å². The van der Waals surface area contributed by atoms with Crippen LogP contribution in [0.5, 0.6) is 5.75 Å². The molecule has 0 aliphatic heterocycles. The lowest BCUT2D eigenvalue weighted by atomic mass is 9.78. The fraction of sp³-hybridized carbons (Fsp3) is 0.455. The van der Waals surface area contributed by atoms with E-state index < -0.39 is 8.03 Å². The van der Waals surface area contributed by atoms with Crippen molar-refractivity contribution >= 4 is 8.03 Å². The number of benzene rings is 2. The predicted octanol–water partition coefficient (Wildman–Crippen LogP) is 6.89. The van der Waals surface area contributed by atoms with Crippen LogP contribution in [-0.4, -0.2) is 4.89 Å². The van der Waals surface area contributed by atoms with Crippen LogP contribution in [0.1, 0.15) is 63.8 Å². The molecule has 0 aromatic heterocycles. The molecule has 2 rings (SSSR count). The molecule has 0 spiro atoms. The maximum absolute atomic E-state index is 15.1. The van der Waals surface area contributed by atoms with Gasteiger partial charge in [0.2, 0.25) is 0 Å². The molecule has 1 unspecified atom stereocenters. The van der Waals surface area contributed by atoms with Gasteiger partial charge in [0.15, 0.2) is 11.9 Å². The van der Waals surface area contributed by atoms with Gasteiger partial charge in [0.05, 0.1) is 0 Å². The normalized spacial score (nSPS) is 14.8. The van der Waals surface area contributed by atoms with Gasteiger partial charge in [-0.15, -0.1) is 0 Å². The van der Waals surface area contributed by atoms with Crippen molar-refractivity contribution in [1.29, 1.82) is 0 Å². The molecule has 0 amide bonds. The molecule has 0 aliphatic rings. The molecule has 2 aromatic carbocycles. The highest BCUT2D eigenvalue weighted by Gasteiger charge is 2.44. The average Bonchev–Trinajstić information content (AvgIpc) is 2.46. The minimum atomic E-state index is -4.09. The monoisotopic (exact) mass is 377 g/mol. The zero-order valence-electron chi connectivity index (χ0n) is 16.9. The van der Waals surface area contributed by atoms with Crippen LogP contribution < -0.4 is 4.52 Å². The summed E-state index contributed by atoms with van der Waals surface area (Å²) in [7, 11) is -4.09. The summed E-state index contributed by atoms with van der Waals surface area (Å²) in [5, 5.41) is 0. The van der Waals surface area contributed by atoms with Crippen LogP contribution in [0.3, 0.4) is 0 Å². The van der Waals surface area contributed by atoms with E-state index in [9.17, 15) is 4.89 Å². The van der Waals surface area contributed by atoms with Crippen LogP contribution in [0.2, 0.25) is 0 Å². The van der Waals surface area contributed by atoms with Crippen molar-refractivity contribution < 1.29 is 13.6 Å². The molecule has 0 saturated heterocycles. The molecule has 2 nitrogen and oxygen atoms in total. The predicted molar refractivity (Wildman–Crippen MR) is 110 cm³/mol. The topological polar surface area (TPSA) is 29.5 Å². The van der Waals surface area contributed by atoms with Gasteiger partial charge in [-0.3, -0.25) is 4.52 Å². The molecule has 0 heterocycles. The quantitative estimate of drug-likeness (QED) is 0.588. The average molecular weight is 377 g/mol. The van der Waals surface area contributed by atoms with Gasteiger partial charge in [0.25, 0.3) is 0 Å². The van der Waals surface area contributed by atoms with Crippen molar-refractivity contribution in [2.75, 3.05) is 0 Å². The summed E-state index contributed by atoms with van der Waals surface area (Å²) in [6.07, 6.45) is -0.116. The van der Waals surface area contributed by atoms with E-state index in [0.29, 0.717) is 5.75 Å². The van der Waals surface area contributed by atoms with E-state index in [0.717, 1.165) is 22.3 Å².